The van der Waals surface area contributed by atoms with Gasteiger partial charge in [0, 0.05) is 22.7 Å². The van der Waals surface area contributed by atoms with Crippen LogP contribution in [0.1, 0.15) is 86.4 Å². The van der Waals surface area contributed by atoms with E-state index in [0.717, 1.165) is 12.8 Å². The molecule has 1 aromatic carbocycles. The lowest BCUT2D eigenvalue weighted by atomic mass is 9.96. The molecule has 2 amide bonds. The predicted octanol–water partition coefficient (Wildman–Crippen LogP) is 4.06. The molecule has 0 aliphatic heterocycles. The fourth-order valence-electron chi connectivity index (χ4n) is 3.05. The molecule has 1 aliphatic rings. The Balaban J connectivity index is 1.94. The summed E-state index contributed by atoms with van der Waals surface area (Å²) in [6, 6.07) is 7.18. The van der Waals surface area contributed by atoms with E-state index in [1.807, 2.05) is 20.8 Å². The highest BCUT2D eigenvalue weighted by Gasteiger charge is 2.17. The second-order valence-electron chi connectivity index (χ2n) is 7.80. The molecular weight excluding hydrogens is 300 g/mol. The van der Waals surface area contributed by atoms with Gasteiger partial charge in [-0.15, -0.1) is 0 Å². The predicted molar refractivity (Wildman–Crippen MR) is 97.2 cm³/mol. The van der Waals surface area contributed by atoms with E-state index in [1.54, 1.807) is 24.3 Å². The van der Waals surface area contributed by atoms with Gasteiger partial charge in [-0.2, -0.15) is 0 Å². The van der Waals surface area contributed by atoms with Crippen molar-refractivity contribution in [2.75, 3.05) is 0 Å². The molecule has 0 atom stereocenters. The molecular formula is C20H30N2O2. The first kappa shape index (κ1) is 18.5. The Bertz CT molecular complexity index is 550. The zero-order valence-corrected chi connectivity index (χ0v) is 15.2. The van der Waals surface area contributed by atoms with Gasteiger partial charge in [0.2, 0.25) is 0 Å². The van der Waals surface area contributed by atoms with Crippen LogP contribution < -0.4 is 10.6 Å². The third-order valence-corrected chi connectivity index (χ3v) is 4.34. The summed E-state index contributed by atoms with van der Waals surface area (Å²) < 4.78 is 0. The Morgan fingerprint density at radius 3 is 1.79 bits per heavy atom. The molecule has 4 heteroatoms. The minimum atomic E-state index is -0.272. The standard InChI is InChI=1S/C20H30N2O2/c1-20(2,3)22-19(24)16-13-11-15(12-14-16)18(23)21-17-9-7-5-4-6-8-10-17/h11-14,17H,4-10H2,1-3H3,(H,21,23)(H,22,24). The topological polar surface area (TPSA) is 58.2 Å². The summed E-state index contributed by atoms with van der Waals surface area (Å²) in [6.45, 7) is 5.84. The molecule has 0 aromatic heterocycles. The minimum absolute atomic E-state index is 0.0386. The first-order valence-corrected chi connectivity index (χ1v) is 9.08. The van der Waals surface area contributed by atoms with Gasteiger partial charge in [0.15, 0.2) is 0 Å². The van der Waals surface area contributed by atoms with Crippen LogP contribution in [-0.4, -0.2) is 23.4 Å². The molecule has 0 bridgehead atoms. The Morgan fingerprint density at radius 2 is 1.29 bits per heavy atom. The average molecular weight is 330 g/mol. The third-order valence-electron chi connectivity index (χ3n) is 4.34. The molecule has 0 saturated heterocycles. The van der Waals surface area contributed by atoms with Gasteiger partial charge in [-0.05, 0) is 57.9 Å². The molecule has 4 nitrogen and oxygen atoms in total. The van der Waals surface area contributed by atoms with Crippen LogP contribution in [0.15, 0.2) is 24.3 Å². The Hall–Kier alpha value is -1.84. The van der Waals surface area contributed by atoms with Crippen molar-refractivity contribution in [2.24, 2.45) is 0 Å². The summed E-state index contributed by atoms with van der Waals surface area (Å²) in [5, 5.41) is 6.07. The summed E-state index contributed by atoms with van der Waals surface area (Å²) in [6.07, 6.45) is 8.37. The first-order chi connectivity index (χ1) is 11.3. The molecule has 0 unspecified atom stereocenters. The van der Waals surface area contributed by atoms with Crippen LogP contribution in [0.4, 0.5) is 0 Å². The van der Waals surface area contributed by atoms with Crippen molar-refractivity contribution in [2.45, 2.75) is 77.3 Å². The smallest absolute Gasteiger partial charge is 0.251 e. The molecule has 1 aliphatic carbocycles. The summed E-state index contributed by atoms with van der Waals surface area (Å²) in [4.78, 5) is 24.5. The van der Waals surface area contributed by atoms with Gasteiger partial charge in [-0.3, -0.25) is 9.59 Å². The molecule has 2 N–H and O–H groups in total. The van der Waals surface area contributed by atoms with Crippen LogP contribution in [0, 0.1) is 0 Å². The zero-order valence-electron chi connectivity index (χ0n) is 15.2. The van der Waals surface area contributed by atoms with Gasteiger partial charge in [-0.1, -0.05) is 32.1 Å². The van der Waals surface area contributed by atoms with E-state index in [4.69, 9.17) is 0 Å². The number of rotatable bonds is 3. The number of hydrogen-bond donors (Lipinski definition) is 2. The first-order valence-electron chi connectivity index (χ1n) is 9.08. The van der Waals surface area contributed by atoms with Crippen LogP contribution in [0.5, 0.6) is 0 Å². The van der Waals surface area contributed by atoms with E-state index in [0.29, 0.717) is 11.1 Å². The molecule has 0 spiro atoms. The van der Waals surface area contributed by atoms with Crippen LogP contribution in [-0.2, 0) is 0 Å². The van der Waals surface area contributed by atoms with Crippen LogP contribution >= 0.6 is 0 Å². The molecule has 0 heterocycles. The molecule has 0 radical (unpaired) electrons. The Kier molecular flexibility index (Phi) is 6.41. The largest absolute Gasteiger partial charge is 0.349 e. The fourth-order valence-corrected chi connectivity index (χ4v) is 3.05. The lowest BCUT2D eigenvalue weighted by molar-refractivity contribution is 0.0911. The maximum Gasteiger partial charge on any atom is 0.251 e. The van der Waals surface area contributed by atoms with Crippen LogP contribution in [0.25, 0.3) is 0 Å². The number of nitrogens with one attached hydrogen (secondary N) is 2. The fraction of sp³-hybridized carbons (Fsp3) is 0.600. The lowest BCUT2D eigenvalue weighted by Gasteiger charge is -2.21. The number of amides is 2. The van der Waals surface area contributed by atoms with Gasteiger partial charge in [0.05, 0.1) is 0 Å². The normalized spacial score (nSPS) is 16.8. The van der Waals surface area contributed by atoms with Crippen LogP contribution in [0.3, 0.4) is 0 Å². The summed E-state index contributed by atoms with van der Waals surface area (Å²) >= 11 is 0. The maximum absolute atomic E-state index is 12.4. The van der Waals surface area contributed by atoms with Crippen LogP contribution in [0.2, 0.25) is 0 Å². The number of carbonyl (C=O) groups is 2. The van der Waals surface area contributed by atoms with E-state index >= 15 is 0 Å². The highest BCUT2D eigenvalue weighted by atomic mass is 16.2. The van der Waals surface area contributed by atoms with Crippen molar-refractivity contribution < 1.29 is 9.59 Å². The van der Waals surface area contributed by atoms with E-state index < -0.39 is 0 Å². The molecule has 24 heavy (non-hydrogen) atoms. The van der Waals surface area contributed by atoms with E-state index in [2.05, 4.69) is 10.6 Å². The molecule has 1 aromatic rings. The number of carbonyl (C=O) groups excluding carboxylic acids is 2. The highest BCUT2D eigenvalue weighted by Crippen LogP contribution is 2.17. The second-order valence-corrected chi connectivity index (χ2v) is 7.80. The molecule has 2 rings (SSSR count). The number of benzene rings is 1. The van der Waals surface area contributed by atoms with Gasteiger partial charge in [-0.25, -0.2) is 0 Å². The average Bonchev–Trinajstić information content (AvgIpc) is 2.48. The summed E-state index contributed by atoms with van der Waals surface area (Å²) in [5.41, 5.74) is 0.919. The molecule has 132 valence electrons. The zero-order chi connectivity index (χ0) is 17.6. The van der Waals surface area contributed by atoms with Gasteiger partial charge in [0.1, 0.15) is 0 Å². The summed E-state index contributed by atoms with van der Waals surface area (Å²) in [7, 11) is 0. The number of hydrogen-bond acceptors (Lipinski definition) is 2. The van der Waals surface area contributed by atoms with Crippen molar-refractivity contribution in [3.8, 4) is 0 Å². The molecule has 1 saturated carbocycles. The lowest BCUT2D eigenvalue weighted by Crippen LogP contribution is -2.40. The Morgan fingerprint density at radius 1 is 0.833 bits per heavy atom. The van der Waals surface area contributed by atoms with E-state index in [9.17, 15) is 9.59 Å². The van der Waals surface area contributed by atoms with Crippen molar-refractivity contribution in [3.63, 3.8) is 0 Å². The second kappa shape index (κ2) is 8.32. The SMILES string of the molecule is CC(C)(C)NC(=O)c1ccc(C(=O)NC2CCCCCCC2)cc1. The summed E-state index contributed by atoms with van der Waals surface area (Å²) in [5.74, 6) is -0.155. The van der Waals surface area contributed by atoms with Crippen molar-refractivity contribution in [1.82, 2.24) is 10.6 Å². The van der Waals surface area contributed by atoms with Crippen molar-refractivity contribution in [3.05, 3.63) is 35.4 Å². The van der Waals surface area contributed by atoms with E-state index in [-0.39, 0.29) is 23.4 Å². The minimum Gasteiger partial charge on any atom is -0.349 e. The Labute approximate surface area is 145 Å². The van der Waals surface area contributed by atoms with E-state index in [1.165, 1.54) is 32.1 Å². The van der Waals surface area contributed by atoms with Crippen molar-refractivity contribution in [1.29, 1.82) is 0 Å². The van der Waals surface area contributed by atoms with Gasteiger partial charge >= 0.3 is 0 Å². The third kappa shape index (κ3) is 5.99. The monoisotopic (exact) mass is 330 g/mol. The van der Waals surface area contributed by atoms with Gasteiger partial charge in [0.25, 0.3) is 11.8 Å². The van der Waals surface area contributed by atoms with Gasteiger partial charge < -0.3 is 10.6 Å². The molecule has 1 fully saturated rings. The quantitative estimate of drug-likeness (QED) is 0.878. The van der Waals surface area contributed by atoms with Crippen molar-refractivity contribution >= 4 is 11.8 Å². The maximum atomic E-state index is 12.4. The highest BCUT2D eigenvalue weighted by molar-refractivity contribution is 5.98.